The second-order valence-corrected chi connectivity index (χ2v) is 8.15. The molecule has 2 aromatic heterocycles. The summed E-state index contributed by atoms with van der Waals surface area (Å²) in [7, 11) is 0. The van der Waals surface area contributed by atoms with Gasteiger partial charge in [-0.1, -0.05) is 36.4 Å². The highest BCUT2D eigenvalue weighted by atomic mass is 32.1. The third-order valence-electron chi connectivity index (χ3n) is 5.44. The average Bonchev–Trinajstić information content (AvgIpc) is 3.29. The monoisotopic (exact) mass is 384 g/mol. The highest BCUT2D eigenvalue weighted by Gasteiger charge is 2.29. The topological polar surface area (TPSA) is 33.2 Å². The largest absolute Gasteiger partial charge is 0.334 e. The van der Waals surface area contributed by atoms with E-state index >= 15 is 0 Å². The van der Waals surface area contributed by atoms with Gasteiger partial charge in [-0.05, 0) is 53.3 Å². The van der Waals surface area contributed by atoms with Crippen molar-refractivity contribution in [3.05, 3.63) is 88.4 Å². The Morgan fingerprint density at radius 2 is 1.86 bits per heavy atom. The number of carbonyl (C=O) groups excluding carboxylic acids is 1. The number of aromatic nitrogens is 1. The van der Waals surface area contributed by atoms with Crippen molar-refractivity contribution in [2.24, 2.45) is 0 Å². The molecule has 138 valence electrons. The van der Waals surface area contributed by atoms with Crippen LogP contribution >= 0.6 is 11.3 Å². The molecule has 0 spiro atoms. The molecule has 4 aromatic rings. The van der Waals surface area contributed by atoms with E-state index in [1.807, 2.05) is 35.2 Å². The fourth-order valence-electron chi connectivity index (χ4n) is 3.93. The maximum Gasteiger partial charge on any atom is 0.254 e. The molecule has 4 heteroatoms. The Morgan fingerprint density at radius 1 is 1.00 bits per heavy atom. The lowest BCUT2D eigenvalue weighted by Gasteiger charge is -2.15. The summed E-state index contributed by atoms with van der Waals surface area (Å²) in [6.45, 7) is 3.49. The smallest absolute Gasteiger partial charge is 0.254 e. The van der Waals surface area contributed by atoms with Gasteiger partial charge in [0.15, 0.2) is 0 Å². The van der Waals surface area contributed by atoms with Crippen LogP contribution in [0.5, 0.6) is 0 Å². The standard InChI is InChI=1S/C24H20N2OS/c1-16-12-14-28-23(16)19-6-4-7-20-21(19)15-26(24(20)27)13-11-18-10-9-17-5-2-3-8-22(17)25-18/h2-10,12,14H,11,13,15H2,1H3. The fraction of sp³-hybridized carbons (Fsp3) is 0.167. The van der Waals surface area contributed by atoms with Crippen molar-refractivity contribution in [3.8, 4) is 10.4 Å². The summed E-state index contributed by atoms with van der Waals surface area (Å²) in [5.74, 6) is 0.131. The van der Waals surface area contributed by atoms with Crippen molar-refractivity contribution in [1.82, 2.24) is 9.88 Å². The molecule has 0 saturated heterocycles. The van der Waals surface area contributed by atoms with E-state index in [-0.39, 0.29) is 5.91 Å². The van der Waals surface area contributed by atoms with Gasteiger partial charge in [0.05, 0.1) is 5.52 Å². The number of aryl methyl sites for hydroxylation is 1. The maximum atomic E-state index is 12.9. The zero-order chi connectivity index (χ0) is 19.1. The summed E-state index contributed by atoms with van der Waals surface area (Å²) in [5.41, 5.74) is 6.50. The van der Waals surface area contributed by atoms with Crippen LogP contribution in [0.15, 0.2) is 66.0 Å². The van der Waals surface area contributed by atoms with E-state index in [4.69, 9.17) is 4.98 Å². The number of nitrogens with zero attached hydrogens (tertiary/aromatic N) is 2. The Bertz CT molecular complexity index is 1190. The zero-order valence-electron chi connectivity index (χ0n) is 15.7. The predicted octanol–water partition coefficient (Wildman–Crippen LogP) is 5.47. The van der Waals surface area contributed by atoms with Crippen molar-refractivity contribution in [1.29, 1.82) is 0 Å². The van der Waals surface area contributed by atoms with Gasteiger partial charge in [-0.25, -0.2) is 0 Å². The summed E-state index contributed by atoms with van der Waals surface area (Å²) in [6.07, 6.45) is 0.762. The molecule has 0 radical (unpaired) electrons. The molecule has 5 rings (SSSR count). The van der Waals surface area contributed by atoms with Crippen LogP contribution in [-0.4, -0.2) is 22.3 Å². The Hall–Kier alpha value is -2.98. The number of pyridine rings is 1. The second kappa shape index (κ2) is 6.88. The molecule has 0 N–H and O–H groups in total. The van der Waals surface area contributed by atoms with E-state index in [1.54, 1.807) is 11.3 Å². The lowest BCUT2D eigenvalue weighted by atomic mass is 10.0. The van der Waals surface area contributed by atoms with E-state index < -0.39 is 0 Å². The van der Waals surface area contributed by atoms with Crippen LogP contribution in [0.25, 0.3) is 21.3 Å². The van der Waals surface area contributed by atoms with Crippen LogP contribution < -0.4 is 0 Å². The first kappa shape index (κ1) is 17.1. The number of fused-ring (bicyclic) bond motifs is 2. The molecule has 2 aromatic carbocycles. The van der Waals surface area contributed by atoms with Gasteiger partial charge in [0.2, 0.25) is 0 Å². The number of carbonyl (C=O) groups is 1. The summed E-state index contributed by atoms with van der Waals surface area (Å²) < 4.78 is 0. The van der Waals surface area contributed by atoms with Crippen molar-refractivity contribution in [2.45, 2.75) is 19.9 Å². The Balaban J connectivity index is 1.38. The minimum Gasteiger partial charge on any atom is -0.334 e. The molecule has 0 fully saturated rings. The molecule has 0 saturated carbocycles. The summed E-state index contributed by atoms with van der Waals surface area (Å²) in [5, 5.41) is 3.26. The highest BCUT2D eigenvalue weighted by molar-refractivity contribution is 7.13. The second-order valence-electron chi connectivity index (χ2n) is 7.24. The molecule has 0 atom stereocenters. The third-order valence-corrected chi connectivity index (χ3v) is 6.49. The Morgan fingerprint density at radius 3 is 2.71 bits per heavy atom. The van der Waals surface area contributed by atoms with Gasteiger partial charge in [-0.3, -0.25) is 9.78 Å². The first-order chi connectivity index (χ1) is 13.7. The van der Waals surface area contributed by atoms with Crippen LogP contribution in [0.3, 0.4) is 0 Å². The van der Waals surface area contributed by atoms with Gasteiger partial charge in [0.1, 0.15) is 0 Å². The molecule has 3 heterocycles. The molecule has 1 aliphatic rings. The number of para-hydroxylation sites is 1. The van der Waals surface area contributed by atoms with E-state index in [0.717, 1.165) is 34.1 Å². The van der Waals surface area contributed by atoms with Crippen LogP contribution in [0.4, 0.5) is 0 Å². The lowest BCUT2D eigenvalue weighted by molar-refractivity contribution is 0.0780. The van der Waals surface area contributed by atoms with E-state index in [0.29, 0.717) is 13.1 Å². The summed E-state index contributed by atoms with van der Waals surface area (Å²) >= 11 is 1.74. The number of amides is 1. The fourth-order valence-corrected chi connectivity index (χ4v) is 4.91. The highest BCUT2D eigenvalue weighted by Crippen LogP contribution is 2.37. The van der Waals surface area contributed by atoms with Gasteiger partial charge >= 0.3 is 0 Å². The molecule has 0 unspecified atom stereocenters. The minimum absolute atomic E-state index is 0.131. The number of thiophene rings is 1. The molecule has 3 nitrogen and oxygen atoms in total. The van der Waals surface area contributed by atoms with Crippen LogP contribution in [-0.2, 0) is 13.0 Å². The van der Waals surface area contributed by atoms with Crippen LogP contribution in [0.1, 0.15) is 27.2 Å². The first-order valence-corrected chi connectivity index (χ1v) is 10.4. The summed E-state index contributed by atoms with van der Waals surface area (Å²) in [4.78, 5) is 20.9. The molecule has 0 aliphatic carbocycles. The molecule has 1 amide bonds. The normalized spacial score (nSPS) is 13.3. The van der Waals surface area contributed by atoms with Crippen LogP contribution in [0.2, 0.25) is 0 Å². The Kier molecular flexibility index (Phi) is 4.21. The number of hydrogen-bond donors (Lipinski definition) is 0. The molecule has 1 aliphatic heterocycles. The minimum atomic E-state index is 0.131. The van der Waals surface area contributed by atoms with Gasteiger partial charge in [-0.15, -0.1) is 11.3 Å². The van der Waals surface area contributed by atoms with Gasteiger partial charge < -0.3 is 4.90 Å². The molecule has 0 bridgehead atoms. The quantitative estimate of drug-likeness (QED) is 0.467. The Labute approximate surface area is 168 Å². The van der Waals surface area contributed by atoms with Gasteiger partial charge in [-0.2, -0.15) is 0 Å². The average molecular weight is 385 g/mol. The molecular formula is C24H20N2OS. The van der Waals surface area contributed by atoms with E-state index in [1.165, 1.54) is 16.0 Å². The number of benzene rings is 2. The van der Waals surface area contributed by atoms with Crippen molar-refractivity contribution in [3.63, 3.8) is 0 Å². The van der Waals surface area contributed by atoms with Crippen LogP contribution in [0, 0.1) is 6.92 Å². The first-order valence-electron chi connectivity index (χ1n) is 9.51. The molecular weight excluding hydrogens is 364 g/mol. The SMILES string of the molecule is Cc1ccsc1-c1cccc2c1CN(CCc1ccc3ccccc3n1)C2=O. The van der Waals surface area contributed by atoms with Crippen molar-refractivity contribution in [2.75, 3.05) is 6.54 Å². The van der Waals surface area contributed by atoms with Gasteiger partial charge in [0, 0.05) is 41.0 Å². The third kappa shape index (κ3) is 2.90. The number of rotatable bonds is 4. The van der Waals surface area contributed by atoms with Crippen molar-refractivity contribution < 1.29 is 4.79 Å². The molecule has 28 heavy (non-hydrogen) atoms. The maximum absolute atomic E-state index is 12.9. The van der Waals surface area contributed by atoms with E-state index in [2.05, 4.69) is 42.6 Å². The van der Waals surface area contributed by atoms with Gasteiger partial charge in [0.25, 0.3) is 5.91 Å². The number of hydrogen-bond acceptors (Lipinski definition) is 3. The predicted molar refractivity (Wildman–Crippen MR) is 115 cm³/mol. The zero-order valence-corrected chi connectivity index (χ0v) is 16.5. The van der Waals surface area contributed by atoms with E-state index in [9.17, 15) is 4.79 Å². The van der Waals surface area contributed by atoms with Crippen molar-refractivity contribution >= 4 is 28.1 Å². The summed E-state index contributed by atoms with van der Waals surface area (Å²) in [6, 6.07) is 20.5. The lowest BCUT2D eigenvalue weighted by Crippen LogP contribution is -2.26.